The van der Waals surface area contributed by atoms with Crippen LogP contribution >= 0.6 is 11.6 Å². The van der Waals surface area contributed by atoms with Crippen LogP contribution in [-0.2, 0) is 16.1 Å². The predicted molar refractivity (Wildman–Crippen MR) is 71.1 cm³/mol. The molecule has 0 fully saturated rings. The summed E-state index contributed by atoms with van der Waals surface area (Å²) in [6.45, 7) is 2.89. The first-order chi connectivity index (χ1) is 9.04. The van der Waals surface area contributed by atoms with Gasteiger partial charge in [0.25, 0.3) is 5.69 Å². The third-order valence-electron chi connectivity index (χ3n) is 2.37. The second-order valence-corrected chi connectivity index (χ2v) is 4.17. The van der Waals surface area contributed by atoms with Gasteiger partial charge in [-0.1, -0.05) is 11.6 Å². The SMILES string of the molecule is CCOC(=O)CCNCc1cc([N+](=O)[O-])ccc1Cl. The molecule has 0 amide bonds. The van der Waals surface area contributed by atoms with Crippen molar-refractivity contribution in [2.45, 2.75) is 19.9 Å². The number of nitrogens with zero attached hydrogens (tertiary/aromatic N) is 1. The van der Waals surface area contributed by atoms with Crippen molar-refractivity contribution in [3.05, 3.63) is 38.9 Å². The van der Waals surface area contributed by atoms with E-state index in [1.807, 2.05) is 0 Å². The zero-order valence-electron chi connectivity index (χ0n) is 10.5. The van der Waals surface area contributed by atoms with Gasteiger partial charge in [-0.15, -0.1) is 0 Å². The minimum absolute atomic E-state index is 0.00778. The molecule has 0 atom stereocenters. The molecular formula is C12H15ClN2O4. The molecule has 0 aliphatic carbocycles. The average Bonchev–Trinajstić information content (AvgIpc) is 2.36. The Bertz CT molecular complexity index is 465. The lowest BCUT2D eigenvalue weighted by atomic mass is 10.2. The third-order valence-corrected chi connectivity index (χ3v) is 2.74. The van der Waals surface area contributed by atoms with Crippen LogP contribution in [0.15, 0.2) is 18.2 Å². The number of rotatable bonds is 7. The van der Waals surface area contributed by atoms with Crippen molar-refractivity contribution in [2.24, 2.45) is 0 Å². The van der Waals surface area contributed by atoms with Gasteiger partial charge in [-0.05, 0) is 18.6 Å². The molecule has 7 heteroatoms. The van der Waals surface area contributed by atoms with Crippen molar-refractivity contribution >= 4 is 23.3 Å². The molecular weight excluding hydrogens is 272 g/mol. The van der Waals surface area contributed by atoms with E-state index < -0.39 is 4.92 Å². The molecule has 0 heterocycles. The van der Waals surface area contributed by atoms with Gasteiger partial charge in [0, 0.05) is 30.2 Å². The van der Waals surface area contributed by atoms with Crippen molar-refractivity contribution < 1.29 is 14.5 Å². The van der Waals surface area contributed by atoms with Crippen LogP contribution in [-0.4, -0.2) is 24.0 Å². The summed E-state index contributed by atoms with van der Waals surface area (Å²) in [5, 5.41) is 14.1. The van der Waals surface area contributed by atoms with Crippen molar-refractivity contribution in [1.29, 1.82) is 0 Å². The molecule has 1 rings (SSSR count). The Morgan fingerprint density at radius 2 is 2.26 bits per heavy atom. The number of carbonyl (C=O) groups excluding carboxylic acids is 1. The van der Waals surface area contributed by atoms with Crippen molar-refractivity contribution in [3.8, 4) is 0 Å². The average molecular weight is 287 g/mol. The standard InChI is InChI=1S/C12H15ClN2O4/c1-2-19-12(16)5-6-14-8-9-7-10(15(17)18)3-4-11(9)13/h3-4,7,14H,2,5-6,8H2,1H3. The molecule has 1 aromatic carbocycles. The number of nitro groups is 1. The summed E-state index contributed by atoms with van der Waals surface area (Å²) in [4.78, 5) is 21.2. The number of esters is 1. The number of hydrogen-bond donors (Lipinski definition) is 1. The molecule has 0 unspecified atom stereocenters. The lowest BCUT2D eigenvalue weighted by molar-refractivity contribution is -0.384. The van der Waals surface area contributed by atoms with E-state index in [0.717, 1.165) is 0 Å². The Morgan fingerprint density at radius 3 is 2.89 bits per heavy atom. The lowest BCUT2D eigenvalue weighted by Gasteiger charge is -2.06. The molecule has 0 radical (unpaired) electrons. The highest BCUT2D eigenvalue weighted by atomic mass is 35.5. The first-order valence-corrected chi connectivity index (χ1v) is 6.21. The van der Waals surface area contributed by atoms with E-state index in [1.54, 1.807) is 6.92 Å². The third kappa shape index (κ3) is 5.23. The van der Waals surface area contributed by atoms with Crippen LogP contribution in [0.3, 0.4) is 0 Å². The minimum Gasteiger partial charge on any atom is -0.466 e. The first-order valence-electron chi connectivity index (χ1n) is 5.83. The van der Waals surface area contributed by atoms with Crippen LogP contribution in [0.4, 0.5) is 5.69 Å². The van der Waals surface area contributed by atoms with E-state index in [-0.39, 0.29) is 18.1 Å². The van der Waals surface area contributed by atoms with E-state index in [9.17, 15) is 14.9 Å². The van der Waals surface area contributed by atoms with E-state index >= 15 is 0 Å². The molecule has 0 spiro atoms. The maximum atomic E-state index is 11.1. The summed E-state index contributed by atoms with van der Waals surface area (Å²) in [6, 6.07) is 4.26. The van der Waals surface area contributed by atoms with Crippen LogP contribution in [0.2, 0.25) is 5.02 Å². The van der Waals surface area contributed by atoms with Gasteiger partial charge >= 0.3 is 5.97 Å². The Morgan fingerprint density at radius 1 is 1.53 bits per heavy atom. The largest absolute Gasteiger partial charge is 0.466 e. The molecule has 104 valence electrons. The molecule has 1 aromatic rings. The number of halogens is 1. The summed E-state index contributed by atoms with van der Waals surface area (Å²) >= 11 is 5.94. The Hall–Kier alpha value is -1.66. The molecule has 0 aliphatic rings. The molecule has 6 nitrogen and oxygen atoms in total. The quantitative estimate of drug-likeness (QED) is 0.360. The monoisotopic (exact) mass is 286 g/mol. The van der Waals surface area contributed by atoms with Gasteiger partial charge in [0.05, 0.1) is 18.0 Å². The molecule has 19 heavy (non-hydrogen) atoms. The fourth-order valence-corrected chi connectivity index (χ4v) is 1.64. The molecule has 0 aromatic heterocycles. The van der Waals surface area contributed by atoms with Crippen LogP contribution in [0.5, 0.6) is 0 Å². The number of non-ortho nitro benzene ring substituents is 1. The van der Waals surface area contributed by atoms with Crippen molar-refractivity contribution in [1.82, 2.24) is 5.32 Å². The highest BCUT2D eigenvalue weighted by molar-refractivity contribution is 6.31. The lowest BCUT2D eigenvalue weighted by Crippen LogP contribution is -2.19. The molecule has 0 bridgehead atoms. The summed E-state index contributed by atoms with van der Waals surface area (Å²) in [7, 11) is 0. The fraction of sp³-hybridized carbons (Fsp3) is 0.417. The predicted octanol–water partition coefficient (Wildman–Crippen LogP) is 2.29. The first kappa shape index (κ1) is 15.4. The molecule has 0 saturated carbocycles. The van der Waals surface area contributed by atoms with Crippen LogP contribution in [0.25, 0.3) is 0 Å². The Balaban J connectivity index is 2.46. The van der Waals surface area contributed by atoms with Gasteiger partial charge in [-0.2, -0.15) is 0 Å². The van der Waals surface area contributed by atoms with Gasteiger partial charge in [0.2, 0.25) is 0 Å². The maximum Gasteiger partial charge on any atom is 0.307 e. The number of ether oxygens (including phenoxy) is 1. The van der Waals surface area contributed by atoms with E-state index in [1.165, 1.54) is 18.2 Å². The Labute approximate surface area is 115 Å². The summed E-state index contributed by atoms with van der Waals surface area (Å²) in [6.07, 6.45) is 0.250. The maximum absolute atomic E-state index is 11.1. The number of nitrogens with one attached hydrogen (secondary N) is 1. The van der Waals surface area contributed by atoms with E-state index in [2.05, 4.69) is 5.32 Å². The fourth-order valence-electron chi connectivity index (χ4n) is 1.46. The smallest absolute Gasteiger partial charge is 0.307 e. The number of benzene rings is 1. The zero-order valence-corrected chi connectivity index (χ0v) is 11.3. The van der Waals surface area contributed by atoms with Gasteiger partial charge in [0.1, 0.15) is 0 Å². The van der Waals surface area contributed by atoms with Gasteiger partial charge in [-0.25, -0.2) is 0 Å². The highest BCUT2D eigenvalue weighted by Gasteiger charge is 2.09. The topological polar surface area (TPSA) is 81.5 Å². The second-order valence-electron chi connectivity index (χ2n) is 3.76. The summed E-state index contributed by atoms with van der Waals surface area (Å²) in [5.41, 5.74) is 0.617. The van der Waals surface area contributed by atoms with Crippen LogP contribution in [0, 0.1) is 10.1 Å². The summed E-state index contributed by atoms with van der Waals surface area (Å²) < 4.78 is 4.77. The molecule has 0 aliphatic heterocycles. The van der Waals surface area contributed by atoms with Gasteiger partial charge < -0.3 is 10.1 Å². The Kier molecular flexibility index (Phi) is 6.24. The molecule has 1 N–H and O–H groups in total. The van der Waals surface area contributed by atoms with E-state index in [0.29, 0.717) is 30.3 Å². The zero-order chi connectivity index (χ0) is 14.3. The van der Waals surface area contributed by atoms with Gasteiger partial charge in [0.15, 0.2) is 0 Å². The van der Waals surface area contributed by atoms with Crippen LogP contribution < -0.4 is 5.32 Å². The normalized spacial score (nSPS) is 10.2. The van der Waals surface area contributed by atoms with Gasteiger partial charge in [-0.3, -0.25) is 14.9 Å². The number of carbonyl (C=O) groups is 1. The number of hydrogen-bond acceptors (Lipinski definition) is 5. The summed E-state index contributed by atoms with van der Waals surface area (Å²) in [5.74, 6) is -0.278. The van der Waals surface area contributed by atoms with Crippen LogP contribution in [0.1, 0.15) is 18.9 Å². The van der Waals surface area contributed by atoms with Crippen molar-refractivity contribution in [3.63, 3.8) is 0 Å². The number of nitro benzene ring substituents is 1. The highest BCUT2D eigenvalue weighted by Crippen LogP contribution is 2.21. The van der Waals surface area contributed by atoms with Crippen molar-refractivity contribution in [2.75, 3.05) is 13.2 Å². The molecule has 0 saturated heterocycles. The minimum atomic E-state index is -0.474. The second kappa shape index (κ2) is 7.70. The van der Waals surface area contributed by atoms with E-state index in [4.69, 9.17) is 16.3 Å².